The van der Waals surface area contributed by atoms with Crippen LogP contribution in [0.4, 0.5) is 0 Å². The Morgan fingerprint density at radius 3 is 2.34 bits per heavy atom. The van der Waals surface area contributed by atoms with Crippen LogP contribution in [-0.2, 0) is 6.42 Å². The van der Waals surface area contributed by atoms with Crippen molar-refractivity contribution in [2.75, 3.05) is 20.8 Å². The first-order chi connectivity index (χ1) is 14.1. The first-order valence-corrected chi connectivity index (χ1v) is 9.79. The van der Waals surface area contributed by atoms with E-state index in [9.17, 15) is 5.11 Å². The van der Waals surface area contributed by atoms with E-state index < -0.39 is 6.10 Å². The van der Waals surface area contributed by atoms with E-state index in [1.54, 1.807) is 32.5 Å². The first kappa shape index (κ1) is 21.1. The van der Waals surface area contributed by atoms with Gasteiger partial charge in [0, 0.05) is 11.8 Å². The van der Waals surface area contributed by atoms with Crippen molar-refractivity contribution < 1.29 is 14.6 Å². The van der Waals surface area contributed by atoms with Crippen LogP contribution in [0.5, 0.6) is 11.5 Å². The predicted molar refractivity (Wildman–Crippen MR) is 115 cm³/mol. The summed E-state index contributed by atoms with van der Waals surface area (Å²) in [7, 11) is 3.19. The van der Waals surface area contributed by atoms with Gasteiger partial charge in [-0.1, -0.05) is 54.1 Å². The standard InChI is InChI=1S/C23H25ClN2O3/c1-28-19-10-8-17(14-20(19)29-2)22(23(27)18-9-11-21(24)26-15-18)25-13-12-16-6-4-3-5-7-16/h3-11,14-15,22-23,25,27H,12-13H2,1-2H3/t22-,23?/m1/s1. The third kappa shape index (κ3) is 5.48. The average molecular weight is 413 g/mol. The number of halogens is 1. The average Bonchev–Trinajstić information content (AvgIpc) is 2.77. The van der Waals surface area contributed by atoms with Gasteiger partial charge in [-0.2, -0.15) is 0 Å². The fourth-order valence-corrected chi connectivity index (χ4v) is 3.34. The molecule has 2 atom stereocenters. The molecule has 1 aromatic heterocycles. The summed E-state index contributed by atoms with van der Waals surface area (Å²) >= 11 is 5.90. The highest BCUT2D eigenvalue weighted by atomic mass is 35.5. The monoisotopic (exact) mass is 412 g/mol. The van der Waals surface area contributed by atoms with Crippen molar-refractivity contribution in [3.05, 3.63) is 88.7 Å². The molecule has 2 N–H and O–H groups in total. The number of nitrogens with one attached hydrogen (secondary N) is 1. The van der Waals surface area contributed by atoms with Gasteiger partial charge in [0.15, 0.2) is 11.5 Å². The summed E-state index contributed by atoms with van der Waals surface area (Å²) in [6, 6.07) is 19.0. The quantitative estimate of drug-likeness (QED) is 0.511. The van der Waals surface area contributed by atoms with Crippen LogP contribution in [-0.4, -0.2) is 30.9 Å². The molecule has 2 aromatic carbocycles. The maximum Gasteiger partial charge on any atom is 0.161 e. The Balaban J connectivity index is 1.85. The van der Waals surface area contributed by atoms with Gasteiger partial charge >= 0.3 is 0 Å². The molecule has 0 saturated carbocycles. The Labute approximate surface area is 176 Å². The van der Waals surface area contributed by atoms with E-state index in [-0.39, 0.29) is 6.04 Å². The summed E-state index contributed by atoms with van der Waals surface area (Å²) in [5.41, 5.74) is 2.80. The second kappa shape index (κ2) is 10.3. The molecule has 6 heteroatoms. The normalized spacial score (nSPS) is 13.0. The highest BCUT2D eigenvalue weighted by molar-refractivity contribution is 6.29. The van der Waals surface area contributed by atoms with Crippen molar-refractivity contribution >= 4 is 11.6 Å². The number of aromatic nitrogens is 1. The SMILES string of the molecule is COc1ccc([C@@H](NCCc2ccccc2)C(O)c2ccc(Cl)nc2)cc1OC. The number of ether oxygens (including phenoxy) is 2. The van der Waals surface area contributed by atoms with Gasteiger partial charge in [0.2, 0.25) is 0 Å². The molecule has 29 heavy (non-hydrogen) atoms. The minimum Gasteiger partial charge on any atom is -0.493 e. The molecule has 152 valence electrons. The number of nitrogens with zero attached hydrogens (tertiary/aromatic N) is 1. The molecule has 0 aliphatic carbocycles. The highest BCUT2D eigenvalue weighted by Crippen LogP contribution is 2.35. The maximum atomic E-state index is 11.1. The van der Waals surface area contributed by atoms with Gasteiger partial charge in [-0.15, -0.1) is 0 Å². The maximum absolute atomic E-state index is 11.1. The Morgan fingerprint density at radius 1 is 0.966 bits per heavy atom. The van der Waals surface area contributed by atoms with Crippen LogP contribution in [0.2, 0.25) is 5.15 Å². The minimum absolute atomic E-state index is 0.360. The van der Waals surface area contributed by atoms with Crippen LogP contribution < -0.4 is 14.8 Å². The Bertz CT molecular complexity index is 904. The molecule has 1 heterocycles. The van der Waals surface area contributed by atoms with E-state index in [0.29, 0.717) is 28.8 Å². The lowest BCUT2D eigenvalue weighted by atomic mass is 9.96. The zero-order valence-electron chi connectivity index (χ0n) is 16.5. The Hall–Kier alpha value is -2.60. The minimum atomic E-state index is -0.811. The van der Waals surface area contributed by atoms with Crippen LogP contribution in [0.15, 0.2) is 66.9 Å². The van der Waals surface area contributed by atoms with Gasteiger partial charge in [-0.3, -0.25) is 0 Å². The number of rotatable bonds is 9. The number of hydrogen-bond donors (Lipinski definition) is 2. The summed E-state index contributed by atoms with van der Waals surface area (Å²) in [6.07, 6.45) is 1.63. The van der Waals surface area contributed by atoms with Crippen molar-refractivity contribution in [3.8, 4) is 11.5 Å². The van der Waals surface area contributed by atoms with Crippen molar-refractivity contribution in [2.45, 2.75) is 18.6 Å². The second-order valence-electron chi connectivity index (χ2n) is 6.64. The molecule has 0 spiro atoms. The smallest absolute Gasteiger partial charge is 0.161 e. The molecule has 0 saturated heterocycles. The molecule has 5 nitrogen and oxygen atoms in total. The summed E-state index contributed by atoms with van der Waals surface area (Å²) in [5, 5.41) is 15.0. The second-order valence-corrected chi connectivity index (χ2v) is 7.03. The van der Waals surface area contributed by atoms with E-state index in [2.05, 4.69) is 22.4 Å². The highest BCUT2D eigenvalue weighted by Gasteiger charge is 2.24. The van der Waals surface area contributed by atoms with Gasteiger partial charge in [-0.25, -0.2) is 4.98 Å². The van der Waals surface area contributed by atoms with Gasteiger partial charge < -0.3 is 19.9 Å². The van der Waals surface area contributed by atoms with Crippen molar-refractivity contribution in [2.24, 2.45) is 0 Å². The van der Waals surface area contributed by atoms with Crippen LogP contribution in [0.25, 0.3) is 0 Å². The molecule has 3 rings (SSSR count). The van der Waals surface area contributed by atoms with Crippen LogP contribution in [0.1, 0.15) is 28.8 Å². The van der Waals surface area contributed by atoms with E-state index in [1.807, 2.05) is 36.4 Å². The fraction of sp³-hybridized carbons (Fsp3) is 0.261. The van der Waals surface area contributed by atoms with Gasteiger partial charge in [0.25, 0.3) is 0 Å². The van der Waals surface area contributed by atoms with Crippen LogP contribution in [0.3, 0.4) is 0 Å². The molecule has 0 aliphatic heterocycles. The summed E-state index contributed by atoms with van der Waals surface area (Å²) in [6.45, 7) is 0.696. The number of methoxy groups -OCH3 is 2. The largest absolute Gasteiger partial charge is 0.493 e. The zero-order valence-corrected chi connectivity index (χ0v) is 17.3. The molecule has 0 fully saturated rings. The lowest BCUT2D eigenvalue weighted by Gasteiger charge is -2.26. The summed E-state index contributed by atoms with van der Waals surface area (Å²) in [5.74, 6) is 1.25. The number of benzene rings is 2. The number of pyridine rings is 1. The number of hydrogen-bond acceptors (Lipinski definition) is 5. The first-order valence-electron chi connectivity index (χ1n) is 9.41. The Kier molecular flexibility index (Phi) is 7.47. The van der Waals surface area contributed by atoms with Gasteiger partial charge in [0.05, 0.1) is 26.4 Å². The molecule has 0 bridgehead atoms. The van der Waals surface area contributed by atoms with E-state index in [0.717, 1.165) is 12.0 Å². The number of aliphatic hydroxyl groups excluding tert-OH is 1. The predicted octanol–water partition coefficient (Wildman–Crippen LogP) is 4.36. The van der Waals surface area contributed by atoms with E-state index >= 15 is 0 Å². The Morgan fingerprint density at radius 2 is 1.69 bits per heavy atom. The van der Waals surface area contributed by atoms with Crippen molar-refractivity contribution in [1.29, 1.82) is 0 Å². The molecule has 3 aromatic rings. The molecule has 0 aliphatic rings. The van der Waals surface area contributed by atoms with Crippen molar-refractivity contribution in [1.82, 2.24) is 10.3 Å². The molecule has 1 unspecified atom stereocenters. The third-order valence-corrected chi connectivity index (χ3v) is 5.02. The third-order valence-electron chi connectivity index (χ3n) is 4.79. The van der Waals surface area contributed by atoms with Gasteiger partial charge in [0.1, 0.15) is 5.15 Å². The topological polar surface area (TPSA) is 63.6 Å². The molecule has 0 amide bonds. The lowest BCUT2D eigenvalue weighted by Crippen LogP contribution is -2.29. The number of aliphatic hydroxyl groups is 1. The van der Waals surface area contributed by atoms with Crippen LogP contribution in [0, 0.1) is 0 Å². The van der Waals surface area contributed by atoms with Crippen molar-refractivity contribution in [3.63, 3.8) is 0 Å². The fourth-order valence-electron chi connectivity index (χ4n) is 3.23. The summed E-state index contributed by atoms with van der Waals surface area (Å²) in [4.78, 5) is 4.10. The molecular formula is C23H25ClN2O3. The molecular weight excluding hydrogens is 388 g/mol. The zero-order chi connectivity index (χ0) is 20.6. The van der Waals surface area contributed by atoms with E-state index in [1.165, 1.54) is 5.56 Å². The van der Waals surface area contributed by atoms with Crippen LogP contribution >= 0.6 is 11.6 Å². The summed E-state index contributed by atoms with van der Waals surface area (Å²) < 4.78 is 10.8. The van der Waals surface area contributed by atoms with E-state index in [4.69, 9.17) is 21.1 Å². The lowest BCUT2D eigenvalue weighted by molar-refractivity contribution is 0.128. The molecule has 0 radical (unpaired) electrons. The van der Waals surface area contributed by atoms with Gasteiger partial charge in [-0.05, 0) is 42.3 Å².